The highest BCUT2D eigenvalue weighted by Crippen LogP contribution is 2.16. The first-order valence-corrected chi connectivity index (χ1v) is 4.89. The van der Waals surface area contributed by atoms with Crippen LogP contribution in [0.5, 0.6) is 0 Å². The molecule has 84 valence electrons. The molecule has 0 amide bonds. The van der Waals surface area contributed by atoms with Gasteiger partial charge in [0.05, 0.1) is 18.8 Å². The Morgan fingerprint density at radius 1 is 1.43 bits per heavy atom. The van der Waals surface area contributed by atoms with Gasteiger partial charge in [0.25, 0.3) is 6.43 Å². The SMILES string of the molecule is CC(N)(CCN1CCOCC1)C(F)F. The highest BCUT2D eigenvalue weighted by molar-refractivity contribution is 4.82. The minimum atomic E-state index is -2.46. The van der Waals surface area contributed by atoms with Crippen molar-refractivity contribution in [1.82, 2.24) is 4.90 Å². The van der Waals surface area contributed by atoms with E-state index in [0.717, 1.165) is 13.1 Å². The molecule has 1 aliphatic heterocycles. The maximum atomic E-state index is 12.4. The molecule has 3 nitrogen and oxygen atoms in total. The van der Waals surface area contributed by atoms with Gasteiger partial charge in [-0.1, -0.05) is 0 Å². The lowest BCUT2D eigenvalue weighted by molar-refractivity contribution is 0.0196. The molecule has 0 bridgehead atoms. The second-order valence-electron chi connectivity index (χ2n) is 4.01. The molecule has 1 rings (SSSR count). The number of hydrogen-bond acceptors (Lipinski definition) is 3. The summed E-state index contributed by atoms with van der Waals surface area (Å²) in [6, 6.07) is 0. The molecule has 1 fully saturated rings. The van der Waals surface area contributed by atoms with Crippen molar-refractivity contribution in [3.05, 3.63) is 0 Å². The summed E-state index contributed by atoms with van der Waals surface area (Å²) in [5.41, 5.74) is 4.11. The van der Waals surface area contributed by atoms with Crippen molar-refractivity contribution in [2.45, 2.75) is 25.3 Å². The summed E-state index contributed by atoms with van der Waals surface area (Å²) < 4.78 is 30.0. The van der Waals surface area contributed by atoms with Crippen molar-refractivity contribution in [1.29, 1.82) is 0 Å². The van der Waals surface area contributed by atoms with E-state index >= 15 is 0 Å². The van der Waals surface area contributed by atoms with Crippen LogP contribution in [0.25, 0.3) is 0 Å². The lowest BCUT2D eigenvalue weighted by Crippen LogP contribution is -2.48. The summed E-state index contributed by atoms with van der Waals surface area (Å²) >= 11 is 0. The average molecular weight is 208 g/mol. The molecular weight excluding hydrogens is 190 g/mol. The van der Waals surface area contributed by atoms with Crippen LogP contribution in [0.2, 0.25) is 0 Å². The number of halogens is 2. The van der Waals surface area contributed by atoms with Crippen LogP contribution in [0.4, 0.5) is 8.78 Å². The molecular formula is C9H18F2N2O. The van der Waals surface area contributed by atoms with Gasteiger partial charge in [-0.05, 0) is 13.3 Å². The molecule has 0 aromatic rings. The quantitative estimate of drug-likeness (QED) is 0.738. The van der Waals surface area contributed by atoms with Gasteiger partial charge in [-0.3, -0.25) is 4.90 Å². The first-order valence-electron chi connectivity index (χ1n) is 4.89. The highest BCUT2D eigenvalue weighted by atomic mass is 19.3. The molecule has 0 aromatic heterocycles. The van der Waals surface area contributed by atoms with Crippen LogP contribution in [-0.4, -0.2) is 49.7 Å². The summed E-state index contributed by atoms with van der Waals surface area (Å²) in [5.74, 6) is 0. The number of rotatable bonds is 4. The maximum absolute atomic E-state index is 12.4. The molecule has 1 saturated heterocycles. The summed E-state index contributed by atoms with van der Waals surface area (Å²) in [6.45, 7) is 5.05. The lowest BCUT2D eigenvalue weighted by Gasteiger charge is -2.30. The van der Waals surface area contributed by atoms with E-state index < -0.39 is 12.0 Å². The van der Waals surface area contributed by atoms with Crippen molar-refractivity contribution in [2.75, 3.05) is 32.8 Å². The minimum Gasteiger partial charge on any atom is -0.379 e. The second kappa shape index (κ2) is 5.00. The number of nitrogens with zero attached hydrogens (tertiary/aromatic N) is 1. The van der Waals surface area contributed by atoms with Crippen LogP contribution in [0.15, 0.2) is 0 Å². The normalized spacial score (nSPS) is 23.8. The van der Waals surface area contributed by atoms with E-state index in [4.69, 9.17) is 10.5 Å². The van der Waals surface area contributed by atoms with E-state index in [-0.39, 0.29) is 0 Å². The summed E-state index contributed by atoms with van der Waals surface area (Å²) in [4.78, 5) is 2.11. The molecule has 14 heavy (non-hydrogen) atoms. The minimum absolute atomic E-state index is 0.324. The molecule has 1 heterocycles. The Morgan fingerprint density at radius 2 is 2.00 bits per heavy atom. The van der Waals surface area contributed by atoms with Crippen LogP contribution in [0.3, 0.4) is 0 Å². The smallest absolute Gasteiger partial charge is 0.256 e. The predicted octanol–water partition coefficient (Wildman–Crippen LogP) is 0.691. The Labute approximate surface area is 83.2 Å². The van der Waals surface area contributed by atoms with Gasteiger partial charge in [-0.25, -0.2) is 8.78 Å². The maximum Gasteiger partial charge on any atom is 0.256 e. The van der Waals surface area contributed by atoms with Crippen LogP contribution in [0, 0.1) is 0 Å². The third-order valence-corrected chi connectivity index (χ3v) is 2.57. The molecule has 2 N–H and O–H groups in total. The molecule has 0 aliphatic carbocycles. The largest absolute Gasteiger partial charge is 0.379 e. The first-order chi connectivity index (χ1) is 6.52. The molecule has 0 spiro atoms. The summed E-state index contributed by atoms with van der Waals surface area (Å²) in [7, 11) is 0. The zero-order chi connectivity index (χ0) is 10.6. The monoisotopic (exact) mass is 208 g/mol. The van der Waals surface area contributed by atoms with E-state index in [1.807, 2.05) is 0 Å². The van der Waals surface area contributed by atoms with Gasteiger partial charge in [0.15, 0.2) is 0 Å². The Balaban J connectivity index is 2.24. The average Bonchev–Trinajstić information content (AvgIpc) is 2.16. The Bertz CT molecular complexity index is 170. The van der Waals surface area contributed by atoms with Crippen molar-refractivity contribution < 1.29 is 13.5 Å². The van der Waals surface area contributed by atoms with Crippen molar-refractivity contribution in [3.63, 3.8) is 0 Å². The second-order valence-corrected chi connectivity index (χ2v) is 4.01. The Morgan fingerprint density at radius 3 is 2.50 bits per heavy atom. The van der Waals surface area contributed by atoms with Gasteiger partial charge in [0, 0.05) is 19.6 Å². The lowest BCUT2D eigenvalue weighted by atomic mass is 10.00. The van der Waals surface area contributed by atoms with Gasteiger partial charge >= 0.3 is 0 Å². The van der Waals surface area contributed by atoms with Gasteiger partial charge in [-0.15, -0.1) is 0 Å². The molecule has 0 aromatic carbocycles. The first kappa shape index (κ1) is 11.8. The number of hydrogen-bond donors (Lipinski definition) is 1. The Kier molecular flexibility index (Phi) is 4.22. The van der Waals surface area contributed by atoms with Gasteiger partial charge < -0.3 is 10.5 Å². The van der Waals surface area contributed by atoms with Crippen LogP contribution in [-0.2, 0) is 4.74 Å². The fraction of sp³-hybridized carbons (Fsp3) is 1.00. The van der Waals surface area contributed by atoms with E-state index in [1.165, 1.54) is 6.92 Å². The number of morpholine rings is 1. The van der Waals surface area contributed by atoms with Gasteiger partial charge in [-0.2, -0.15) is 0 Å². The highest BCUT2D eigenvalue weighted by Gasteiger charge is 2.30. The molecule has 1 atom stereocenters. The van der Waals surface area contributed by atoms with Crippen molar-refractivity contribution in [2.24, 2.45) is 5.73 Å². The summed E-state index contributed by atoms with van der Waals surface area (Å²) in [6.07, 6.45) is -2.13. The molecule has 5 heteroatoms. The van der Waals surface area contributed by atoms with Crippen molar-refractivity contribution in [3.8, 4) is 0 Å². The van der Waals surface area contributed by atoms with E-state index in [2.05, 4.69) is 4.90 Å². The molecule has 1 unspecified atom stereocenters. The van der Waals surface area contributed by atoms with E-state index in [1.54, 1.807) is 0 Å². The third kappa shape index (κ3) is 3.48. The number of ether oxygens (including phenoxy) is 1. The van der Waals surface area contributed by atoms with Crippen molar-refractivity contribution >= 4 is 0 Å². The van der Waals surface area contributed by atoms with Crippen LogP contribution >= 0.6 is 0 Å². The predicted molar refractivity (Wildman–Crippen MR) is 50.5 cm³/mol. The standard InChI is InChI=1S/C9H18F2N2O/c1-9(12,8(10)11)2-3-13-4-6-14-7-5-13/h8H,2-7,12H2,1H3. The Hall–Kier alpha value is -0.260. The third-order valence-electron chi connectivity index (χ3n) is 2.57. The zero-order valence-corrected chi connectivity index (χ0v) is 8.51. The molecule has 0 radical (unpaired) electrons. The topological polar surface area (TPSA) is 38.5 Å². The van der Waals surface area contributed by atoms with Crippen LogP contribution in [0.1, 0.15) is 13.3 Å². The van der Waals surface area contributed by atoms with Gasteiger partial charge in [0.1, 0.15) is 0 Å². The van der Waals surface area contributed by atoms with E-state index in [9.17, 15) is 8.78 Å². The summed E-state index contributed by atoms with van der Waals surface area (Å²) in [5, 5.41) is 0. The number of alkyl halides is 2. The number of nitrogens with two attached hydrogens (primary N) is 1. The molecule has 1 aliphatic rings. The fourth-order valence-corrected chi connectivity index (χ4v) is 1.33. The fourth-order valence-electron chi connectivity index (χ4n) is 1.33. The zero-order valence-electron chi connectivity index (χ0n) is 8.51. The van der Waals surface area contributed by atoms with E-state index in [0.29, 0.717) is 26.2 Å². The van der Waals surface area contributed by atoms with Gasteiger partial charge in [0.2, 0.25) is 0 Å². The molecule has 0 saturated carbocycles. The van der Waals surface area contributed by atoms with Crippen LogP contribution < -0.4 is 5.73 Å².